The molecule has 0 atom stereocenters. The predicted molar refractivity (Wildman–Crippen MR) is 83.2 cm³/mol. The lowest BCUT2D eigenvalue weighted by molar-refractivity contribution is 0.788. The second-order valence-electron chi connectivity index (χ2n) is 5.09. The van der Waals surface area contributed by atoms with Gasteiger partial charge in [0.2, 0.25) is 0 Å². The van der Waals surface area contributed by atoms with E-state index in [4.69, 9.17) is 5.73 Å². The Kier molecular flexibility index (Phi) is 5.07. The number of benzene rings is 1. The number of nitrogens with two attached hydrogens (primary N) is 1. The molecule has 4 heteroatoms. The highest BCUT2D eigenvalue weighted by atomic mass is 15.2. The van der Waals surface area contributed by atoms with Crippen LogP contribution in [0.3, 0.4) is 0 Å². The molecule has 0 aliphatic heterocycles. The minimum absolute atomic E-state index is 0.392. The molecule has 1 aromatic carbocycles. The molecule has 0 unspecified atom stereocenters. The third-order valence-corrected chi connectivity index (χ3v) is 3.20. The molecule has 0 saturated heterocycles. The van der Waals surface area contributed by atoms with Gasteiger partial charge in [0.25, 0.3) is 0 Å². The van der Waals surface area contributed by atoms with E-state index in [1.807, 2.05) is 18.2 Å². The Morgan fingerprint density at radius 2 is 1.90 bits per heavy atom. The fourth-order valence-corrected chi connectivity index (χ4v) is 2.06. The standard InChI is InChI=1S/C16H22N4/c1-13(2)15-11-16(19-12-18-15)20(10-6-9-17)14-7-4-3-5-8-14/h3-5,7-8,11-13H,6,9-10,17H2,1-2H3. The van der Waals surface area contributed by atoms with E-state index in [0.29, 0.717) is 12.5 Å². The van der Waals surface area contributed by atoms with Gasteiger partial charge in [-0.05, 0) is 31.0 Å². The lowest BCUT2D eigenvalue weighted by Crippen LogP contribution is -2.22. The molecule has 2 rings (SSSR count). The van der Waals surface area contributed by atoms with Crippen LogP contribution in [0.1, 0.15) is 31.9 Å². The third-order valence-electron chi connectivity index (χ3n) is 3.20. The number of hydrogen-bond acceptors (Lipinski definition) is 4. The van der Waals surface area contributed by atoms with Crippen LogP contribution in [0.4, 0.5) is 11.5 Å². The lowest BCUT2D eigenvalue weighted by Gasteiger charge is -2.24. The van der Waals surface area contributed by atoms with Crippen molar-refractivity contribution in [2.75, 3.05) is 18.0 Å². The van der Waals surface area contributed by atoms with Crippen molar-refractivity contribution in [3.05, 3.63) is 48.4 Å². The van der Waals surface area contributed by atoms with E-state index in [9.17, 15) is 0 Å². The quantitative estimate of drug-likeness (QED) is 0.876. The maximum Gasteiger partial charge on any atom is 0.136 e. The summed E-state index contributed by atoms with van der Waals surface area (Å²) >= 11 is 0. The normalized spacial score (nSPS) is 10.8. The Morgan fingerprint density at radius 1 is 1.15 bits per heavy atom. The summed E-state index contributed by atoms with van der Waals surface area (Å²) in [5.41, 5.74) is 7.84. The second-order valence-corrected chi connectivity index (χ2v) is 5.09. The molecule has 0 amide bonds. The van der Waals surface area contributed by atoms with Gasteiger partial charge >= 0.3 is 0 Å². The first-order valence-electron chi connectivity index (χ1n) is 7.07. The van der Waals surface area contributed by atoms with Gasteiger partial charge in [-0.3, -0.25) is 0 Å². The van der Waals surface area contributed by atoms with Crippen molar-refractivity contribution in [3.63, 3.8) is 0 Å². The van der Waals surface area contributed by atoms with Gasteiger partial charge in [0.1, 0.15) is 12.1 Å². The summed E-state index contributed by atoms with van der Waals surface area (Å²) in [5.74, 6) is 1.33. The zero-order chi connectivity index (χ0) is 14.4. The van der Waals surface area contributed by atoms with Crippen LogP contribution >= 0.6 is 0 Å². The molecular formula is C16H22N4. The van der Waals surface area contributed by atoms with E-state index >= 15 is 0 Å². The van der Waals surface area contributed by atoms with Crippen molar-refractivity contribution in [2.45, 2.75) is 26.2 Å². The van der Waals surface area contributed by atoms with Crippen LogP contribution in [0.2, 0.25) is 0 Å². The number of nitrogens with zero attached hydrogens (tertiary/aromatic N) is 3. The van der Waals surface area contributed by atoms with E-state index in [-0.39, 0.29) is 0 Å². The van der Waals surface area contributed by atoms with Gasteiger partial charge in [0, 0.05) is 24.0 Å². The van der Waals surface area contributed by atoms with E-state index in [1.54, 1.807) is 6.33 Å². The fourth-order valence-electron chi connectivity index (χ4n) is 2.06. The molecule has 2 N–H and O–H groups in total. The summed E-state index contributed by atoms with van der Waals surface area (Å²) in [4.78, 5) is 11.0. The molecule has 2 aromatic rings. The fraction of sp³-hybridized carbons (Fsp3) is 0.375. The van der Waals surface area contributed by atoms with Gasteiger partial charge in [-0.1, -0.05) is 32.0 Å². The summed E-state index contributed by atoms with van der Waals surface area (Å²) in [5, 5.41) is 0. The largest absolute Gasteiger partial charge is 0.330 e. The van der Waals surface area contributed by atoms with Crippen molar-refractivity contribution >= 4 is 11.5 Å². The number of hydrogen-bond donors (Lipinski definition) is 1. The lowest BCUT2D eigenvalue weighted by atomic mass is 10.1. The minimum Gasteiger partial charge on any atom is -0.330 e. The van der Waals surface area contributed by atoms with Crippen LogP contribution in [-0.2, 0) is 0 Å². The zero-order valence-electron chi connectivity index (χ0n) is 12.2. The maximum atomic E-state index is 5.65. The number of rotatable bonds is 6. The Hall–Kier alpha value is -1.94. The summed E-state index contributed by atoms with van der Waals surface area (Å²) < 4.78 is 0. The molecule has 1 aromatic heterocycles. The monoisotopic (exact) mass is 270 g/mol. The van der Waals surface area contributed by atoms with Crippen LogP contribution in [0, 0.1) is 0 Å². The predicted octanol–water partition coefficient (Wildman–Crippen LogP) is 3.09. The van der Waals surface area contributed by atoms with Crippen LogP contribution < -0.4 is 10.6 Å². The average Bonchev–Trinajstić information content (AvgIpc) is 2.49. The van der Waals surface area contributed by atoms with E-state index in [1.165, 1.54) is 0 Å². The zero-order valence-corrected chi connectivity index (χ0v) is 12.2. The van der Waals surface area contributed by atoms with Crippen molar-refractivity contribution < 1.29 is 0 Å². The van der Waals surface area contributed by atoms with Gasteiger partial charge in [0.05, 0.1) is 0 Å². The molecule has 106 valence electrons. The highest BCUT2D eigenvalue weighted by Crippen LogP contribution is 2.25. The maximum absolute atomic E-state index is 5.65. The van der Waals surface area contributed by atoms with Crippen molar-refractivity contribution in [1.82, 2.24) is 9.97 Å². The van der Waals surface area contributed by atoms with Crippen molar-refractivity contribution in [3.8, 4) is 0 Å². The summed E-state index contributed by atoms with van der Waals surface area (Å²) in [6, 6.07) is 12.3. The highest BCUT2D eigenvalue weighted by molar-refractivity contribution is 5.59. The molecule has 4 nitrogen and oxygen atoms in total. The van der Waals surface area contributed by atoms with Gasteiger partial charge < -0.3 is 10.6 Å². The first-order chi connectivity index (χ1) is 9.72. The Bertz CT molecular complexity index is 525. The van der Waals surface area contributed by atoms with Crippen LogP contribution in [-0.4, -0.2) is 23.1 Å². The van der Waals surface area contributed by atoms with E-state index in [2.05, 4.69) is 46.9 Å². The Balaban J connectivity index is 2.33. The average molecular weight is 270 g/mol. The van der Waals surface area contributed by atoms with Crippen LogP contribution in [0.15, 0.2) is 42.7 Å². The summed E-state index contributed by atoms with van der Waals surface area (Å²) in [6.45, 7) is 5.80. The van der Waals surface area contributed by atoms with Gasteiger partial charge in [0.15, 0.2) is 0 Å². The van der Waals surface area contributed by atoms with Crippen molar-refractivity contribution in [1.29, 1.82) is 0 Å². The minimum atomic E-state index is 0.392. The molecular weight excluding hydrogens is 248 g/mol. The molecule has 0 aliphatic rings. The SMILES string of the molecule is CC(C)c1cc(N(CCCN)c2ccccc2)ncn1. The molecule has 0 fully saturated rings. The molecule has 20 heavy (non-hydrogen) atoms. The van der Waals surface area contributed by atoms with Gasteiger partial charge in [-0.2, -0.15) is 0 Å². The van der Waals surface area contributed by atoms with Crippen LogP contribution in [0.25, 0.3) is 0 Å². The summed E-state index contributed by atoms with van der Waals surface area (Å²) in [6.07, 6.45) is 2.57. The molecule has 0 radical (unpaired) electrons. The molecule has 0 spiro atoms. The first kappa shape index (κ1) is 14.5. The van der Waals surface area contributed by atoms with Gasteiger partial charge in [-0.15, -0.1) is 0 Å². The first-order valence-corrected chi connectivity index (χ1v) is 7.07. The number of aromatic nitrogens is 2. The molecule has 0 aliphatic carbocycles. The third kappa shape index (κ3) is 3.54. The Labute approximate surface area is 120 Å². The van der Waals surface area contributed by atoms with Gasteiger partial charge in [-0.25, -0.2) is 9.97 Å². The Morgan fingerprint density at radius 3 is 2.55 bits per heavy atom. The van der Waals surface area contributed by atoms with Crippen LogP contribution in [0.5, 0.6) is 0 Å². The van der Waals surface area contributed by atoms with E-state index in [0.717, 1.165) is 30.2 Å². The molecule has 0 saturated carbocycles. The number of para-hydroxylation sites is 1. The number of anilines is 2. The van der Waals surface area contributed by atoms with E-state index < -0.39 is 0 Å². The topological polar surface area (TPSA) is 55.0 Å². The van der Waals surface area contributed by atoms with Crippen molar-refractivity contribution in [2.24, 2.45) is 5.73 Å². The smallest absolute Gasteiger partial charge is 0.136 e. The summed E-state index contributed by atoms with van der Waals surface area (Å²) in [7, 11) is 0. The highest BCUT2D eigenvalue weighted by Gasteiger charge is 2.12. The second kappa shape index (κ2) is 7.01. The molecule has 1 heterocycles. The molecule has 0 bridgehead atoms.